The smallest absolute Gasteiger partial charge is 0.410 e. The van der Waals surface area contributed by atoms with Crippen molar-refractivity contribution in [3.63, 3.8) is 0 Å². The van der Waals surface area contributed by atoms with Crippen molar-refractivity contribution in [3.05, 3.63) is 59.9 Å². The lowest BCUT2D eigenvalue weighted by atomic mass is 10.1. The minimum atomic E-state index is -0.607. The van der Waals surface area contributed by atoms with E-state index in [1.807, 2.05) is 20.8 Å². The number of ether oxygens (including phenoxy) is 2. The molecule has 12 nitrogen and oxygen atoms in total. The van der Waals surface area contributed by atoms with Crippen molar-refractivity contribution in [2.24, 2.45) is 0 Å². The van der Waals surface area contributed by atoms with Gasteiger partial charge in [0.2, 0.25) is 5.88 Å². The van der Waals surface area contributed by atoms with Gasteiger partial charge in [-0.2, -0.15) is 0 Å². The number of carbonyl (C=O) groups is 3. The quantitative estimate of drug-likeness (QED) is 0.361. The number of carbonyl (C=O) groups excluding carboxylic acids is 3. The van der Waals surface area contributed by atoms with Crippen molar-refractivity contribution < 1.29 is 28.4 Å². The van der Waals surface area contributed by atoms with Crippen LogP contribution in [0.3, 0.4) is 0 Å². The van der Waals surface area contributed by atoms with Crippen molar-refractivity contribution in [1.82, 2.24) is 24.6 Å². The van der Waals surface area contributed by atoms with Crippen LogP contribution in [-0.2, 0) is 28.0 Å². The number of amides is 2. The van der Waals surface area contributed by atoms with Crippen LogP contribution in [0.15, 0.2) is 47.4 Å². The molecule has 0 unspecified atom stereocenters. The molecule has 4 aromatic rings. The second kappa shape index (κ2) is 8.93. The lowest BCUT2D eigenvalue weighted by molar-refractivity contribution is -0.110. The van der Waals surface area contributed by atoms with Crippen molar-refractivity contribution in [3.8, 4) is 11.6 Å². The molecule has 12 heteroatoms. The molecule has 1 N–H and O–H groups in total. The Labute approximate surface area is 222 Å². The van der Waals surface area contributed by atoms with Crippen LogP contribution in [0.2, 0.25) is 0 Å². The number of hydrogen-bond donors (Lipinski definition) is 1. The molecule has 200 valence electrons. The number of aldehydes is 1. The Morgan fingerprint density at radius 3 is 2.69 bits per heavy atom. The third-order valence-corrected chi connectivity index (χ3v) is 6.68. The minimum absolute atomic E-state index is 0.239. The molecule has 0 atom stereocenters. The SMILES string of the molecule is CC(C)(C)OC(=O)N1Cc2ncnc(Oc3ccc4c(ccn4C(=O)Nc4cc(C5(C=O)CC5)on4)c3)c2C1. The largest absolute Gasteiger partial charge is 0.444 e. The predicted molar refractivity (Wildman–Crippen MR) is 137 cm³/mol. The van der Waals surface area contributed by atoms with Gasteiger partial charge in [0.15, 0.2) is 11.6 Å². The van der Waals surface area contributed by atoms with Crippen LogP contribution in [-0.4, -0.2) is 48.6 Å². The molecule has 0 radical (unpaired) electrons. The van der Waals surface area contributed by atoms with E-state index in [1.54, 1.807) is 41.4 Å². The summed E-state index contributed by atoms with van der Waals surface area (Å²) in [7, 11) is 0. The monoisotopic (exact) mass is 530 g/mol. The number of rotatable bonds is 5. The average Bonchev–Trinajstić information content (AvgIpc) is 3.22. The van der Waals surface area contributed by atoms with Crippen LogP contribution in [0, 0.1) is 0 Å². The highest BCUT2D eigenvalue weighted by Crippen LogP contribution is 2.46. The fourth-order valence-electron chi connectivity index (χ4n) is 4.46. The van der Waals surface area contributed by atoms with Crippen LogP contribution in [0.5, 0.6) is 11.6 Å². The molecule has 2 amide bonds. The van der Waals surface area contributed by atoms with Crippen molar-refractivity contribution >= 4 is 35.1 Å². The first kappa shape index (κ1) is 24.6. The molecule has 39 heavy (non-hydrogen) atoms. The maximum atomic E-state index is 12.9. The van der Waals surface area contributed by atoms with Gasteiger partial charge in [0.25, 0.3) is 0 Å². The molecule has 1 fully saturated rings. The molecule has 4 heterocycles. The summed E-state index contributed by atoms with van der Waals surface area (Å²) in [5.74, 6) is 1.57. The zero-order valence-corrected chi connectivity index (χ0v) is 21.6. The van der Waals surface area contributed by atoms with Gasteiger partial charge in [0, 0.05) is 17.6 Å². The predicted octanol–water partition coefficient (Wildman–Crippen LogP) is 4.77. The fourth-order valence-corrected chi connectivity index (χ4v) is 4.46. The van der Waals surface area contributed by atoms with Crippen LogP contribution in [0.25, 0.3) is 10.9 Å². The lowest BCUT2D eigenvalue weighted by Crippen LogP contribution is -2.33. The molecule has 2 aliphatic rings. The fraction of sp³-hybridized carbons (Fsp3) is 0.333. The molecular weight excluding hydrogens is 504 g/mol. The summed E-state index contributed by atoms with van der Waals surface area (Å²) in [5.41, 5.74) is 0.859. The van der Waals surface area contributed by atoms with E-state index >= 15 is 0 Å². The van der Waals surface area contributed by atoms with Crippen molar-refractivity contribution in [2.75, 3.05) is 5.32 Å². The molecule has 0 bridgehead atoms. The summed E-state index contributed by atoms with van der Waals surface area (Å²) in [6.45, 7) is 6.04. The van der Waals surface area contributed by atoms with Crippen LogP contribution in [0.4, 0.5) is 15.4 Å². The number of anilines is 1. The second-order valence-electron chi connectivity index (χ2n) is 10.7. The normalized spacial score (nSPS) is 15.6. The van der Waals surface area contributed by atoms with Crippen LogP contribution < -0.4 is 10.1 Å². The maximum absolute atomic E-state index is 12.9. The zero-order chi connectivity index (χ0) is 27.4. The third-order valence-electron chi connectivity index (χ3n) is 6.68. The first-order valence-corrected chi connectivity index (χ1v) is 12.5. The number of aromatic nitrogens is 4. The van der Waals surface area contributed by atoms with Gasteiger partial charge in [-0.1, -0.05) is 5.16 Å². The van der Waals surface area contributed by atoms with E-state index in [-0.39, 0.29) is 12.4 Å². The third kappa shape index (κ3) is 4.69. The summed E-state index contributed by atoms with van der Waals surface area (Å²) in [6.07, 6.45) is 4.91. The standard InChI is InChI=1S/C27H26N6O6/c1-26(2,3)38-25(36)32-12-18-19(13-32)28-15-29-23(18)37-17-4-5-20-16(10-17)6-9-33(20)24(35)30-22-11-21(39-31-22)27(14-34)7-8-27/h4-6,9-11,14-15H,7-8,12-13H2,1-3H3,(H,30,31,35). The van der Waals surface area contributed by atoms with E-state index in [9.17, 15) is 14.4 Å². The second-order valence-corrected chi connectivity index (χ2v) is 10.7. The Balaban J connectivity index is 1.16. The number of nitrogens with one attached hydrogen (secondary N) is 1. The van der Waals surface area contributed by atoms with Gasteiger partial charge in [0.05, 0.1) is 35.3 Å². The maximum Gasteiger partial charge on any atom is 0.410 e. The highest BCUT2D eigenvalue weighted by Gasteiger charge is 2.48. The Kier molecular flexibility index (Phi) is 5.63. The van der Waals surface area contributed by atoms with E-state index in [1.165, 1.54) is 10.9 Å². The summed E-state index contributed by atoms with van der Waals surface area (Å²) in [5, 5.41) is 7.35. The average molecular weight is 531 g/mol. The van der Waals surface area contributed by atoms with Crippen molar-refractivity contribution in [1.29, 1.82) is 0 Å². The summed E-state index contributed by atoms with van der Waals surface area (Å²) >= 11 is 0. The lowest BCUT2D eigenvalue weighted by Gasteiger charge is -2.23. The van der Waals surface area contributed by atoms with E-state index in [0.29, 0.717) is 48.0 Å². The van der Waals surface area contributed by atoms with Gasteiger partial charge in [-0.05, 0) is 57.9 Å². The summed E-state index contributed by atoms with van der Waals surface area (Å²) in [4.78, 5) is 46.9. The molecule has 6 rings (SSSR count). The van der Waals surface area contributed by atoms with Crippen molar-refractivity contribution in [2.45, 2.75) is 57.7 Å². The summed E-state index contributed by atoms with van der Waals surface area (Å²) in [6, 6.07) is 8.24. The molecular formula is C27H26N6O6. The van der Waals surface area contributed by atoms with E-state index in [2.05, 4.69) is 20.4 Å². The number of benzene rings is 1. The number of hydrogen-bond acceptors (Lipinski definition) is 9. The molecule has 0 spiro atoms. The minimum Gasteiger partial charge on any atom is -0.444 e. The number of nitrogens with zero attached hydrogens (tertiary/aromatic N) is 5. The molecule has 1 aliphatic heterocycles. The van der Waals surface area contributed by atoms with Gasteiger partial charge in [0.1, 0.15) is 24.0 Å². The van der Waals surface area contributed by atoms with E-state index in [0.717, 1.165) is 17.2 Å². The topological polar surface area (TPSA) is 142 Å². The molecule has 3 aromatic heterocycles. The highest BCUT2D eigenvalue weighted by atomic mass is 16.6. The highest BCUT2D eigenvalue weighted by molar-refractivity contribution is 5.98. The van der Waals surface area contributed by atoms with Gasteiger partial charge in [-0.3, -0.25) is 14.8 Å². The van der Waals surface area contributed by atoms with Gasteiger partial charge < -0.3 is 18.8 Å². The Morgan fingerprint density at radius 2 is 1.95 bits per heavy atom. The Morgan fingerprint density at radius 1 is 1.13 bits per heavy atom. The molecule has 1 saturated carbocycles. The molecule has 1 aliphatic carbocycles. The first-order chi connectivity index (χ1) is 18.6. The molecule has 1 aromatic carbocycles. The zero-order valence-electron chi connectivity index (χ0n) is 21.6. The number of fused-ring (bicyclic) bond motifs is 2. The Hall–Kier alpha value is -4.74. The molecule has 0 saturated heterocycles. The van der Waals surface area contributed by atoms with Crippen LogP contribution in [0.1, 0.15) is 50.6 Å². The van der Waals surface area contributed by atoms with Gasteiger partial charge in [-0.25, -0.2) is 19.6 Å². The summed E-state index contributed by atoms with van der Waals surface area (Å²) < 4.78 is 18.3. The van der Waals surface area contributed by atoms with E-state index < -0.39 is 23.1 Å². The first-order valence-electron chi connectivity index (χ1n) is 12.5. The van der Waals surface area contributed by atoms with Crippen LogP contribution >= 0.6 is 0 Å². The van der Waals surface area contributed by atoms with Gasteiger partial charge in [-0.15, -0.1) is 0 Å². The van der Waals surface area contributed by atoms with E-state index in [4.69, 9.17) is 14.0 Å². The van der Waals surface area contributed by atoms with Gasteiger partial charge >= 0.3 is 12.1 Å². The Bertz CT molecular complexity index is 1610.